The first-order valence-corrected chi connectivity index (χ1v) is 10.5. The third-order valence-corrected chi connectivity index (χ3v) is 6.39. The van der Waals surface area contributed by atoms with Gasteiger partial charge >= 0.3 is 0 Å². The maximum atomic E-state index is 12.4. The molecule has 0 bridgehead atoms. The highest BCUT2D eigenvalue weighted by atomic mass is 32.1. The fraction of sp³-hybridized carbons (Fsp3) is 0.476. The number of thiophene rings is 1. The van der Waals surface area contributed by atoms with Crippen molar-refractivity contribution in [2.24, 2.45) is 0 Å². The molecule has 0 radical (unpaired) electrons. The number of anilines is 1. The van der Waals surface area contributed by atoms with Crippen molar-refractivity contribution >= 4 is 22.9 Å². The van der Waals surface area contributed by atoms with E-state index < -0.39 is 0 Å². The van der Waals surface area contributed by atoms with Crippen molar-refractivity contribution < 1.29 is 9.53 Å². The van der Waals surface area contributed by atoms with Crippen molar-refractivity contribution in [2.45, 2.75) is 18.9 Å². The summed E-state index contributed by atoms with van der Waals surface area (Å²) >= 11 is 1.63. The maximum Gasteiger partial charge on any atom is 0.225 e. The predicted octanol–water partition coefficient (Wildman–Crippen LogP) is 2.47. The van der Waals surface area contributed by atoms with Crippen LogP contribution in [0.1, 0.15) is 22.0 Å². The Morgan fingerprint density at radius 2 is 2.11 bits per heavy atom. The molecular formula is C21H27N3O2S. The Morgan fingerprint density at radius 3 is 2.89 bits per heavy atom. The van der Waals surface area contributed by atoms with Gasteiger partial charge in [0.15, 0.2) is 0 Å². The summed E-state index contributed by atoms with van der Waals surface area (Å²) in [5.74, 6) is 0.0941. The van der Waals surface area contributed by atoms with Crippen LogP contribution in [0.3, 0.4) is 0 Å². The van der Waals surface area contributed by atoms with Crippen LogP contribution in [0.2, 0.25) is 0 Å². The van der Waals surface area contributed by atoms with E-state index in [1.807, 2.05) is 17.5 Å². The first-order valence-electron chi connectivity index (χ1n) is 9.65. The average Bonchev–Trinajstić information content (AvgIpc) is 3.33. The molecule has 2 aromatic rings. The van der Waals surface area contributed by atoms with Gasteiger partial charge in [-0.2, -0.15) is 0 Å². The number of ether oxygens (including phenoxy) is 1. The number of carbonyl (C=O) groups excluding carboxylic acids is 1. The van der Waals surface area contributed by atoms with Gasteiger partial charge in [-0.25, -0.2) is 0 Å². The van der Waals surface area contributed by atoms with Gasteiger partial charge in [0.25, 0.3) is 0 Å². The lowest BCUT2D eigenvalue weighted by Gasteiger charge is -2.35. The Labute approximate surface area is 164 Å². The van der Waals surface area contributed by atoms with Gasteiger partial charge in [0.2, 0.25) is 5.91 Å². The van der Waals surface area contributed by atoms with Crippen LogP contribution in [0, 0.1) is 0 Å². The van der Waals surface area contributed by atoms with Gasteiger partial charge in [0.05, 0.1) is 25.7 Å². The highest BCUT2D eigenvalue weighted by molar-refractivity contribution is 7.10. The molecule has 4 rings (SSSR count). The minimum Gasteiger partial charge on any atom is -0.379 e. The lowest BCUT2D eigenvalue weighted by Crippen LogP contribution is -2.44. The molecule has 2 aliphatic heterocycles. The molecule has 0 spiro atoms. The quantitative estimate of drug-likeness (QED) is 0.830. The zero-order valence-corrected chi connectivity index (χ0v) is 16.6. The standard InChI is InChI=1S/C21H27N3O2S/c1-23-7-6-17-13-16(4-5-19(17)23)20(24-8-10-26-11-9-24)15-22-21(25)14-18-3-2-12-27-18/h2-5,12-13,20H,6-11,14-15H2,1H3,(H,22,25)/t20-/m1/s1. The summed E-state index contributed by atoms with van der Waals surface area (Å²) in [6.07, 6.45) is 1.56. The molecule has 1 N–H and O–H groups in total. The first kappa shape index (κ1) is 18.5. The summed E-state index contributed by atoms with van der Waals surface area (Å²) in [5, 5.41) is 5.18. The average molecular weight is 386 g/mol. The number of carbonyl (C=O) groups is 1. The molecule has 3 heterocycles. The lowest BCUT2D eigenvalue weighted by molar-refractivity contribution is -0.120. The van der Waals surface area contributed by atoms with E-state index in [4.69, 9.17) is 4.74 Å². The lowest BCUT2D eigenvalue weighted by atomic mass is 10.0. The molecule has 0 aliphatic carbocycles. The molecule has 1 saturated heterocycles. The number of hydrogen-bond donors (Lipinski definition) is 1. The summed E-state index contributed by atoms with van der Waals surface area (Å²) in [5.41, 5.74) is 4.04. The molecule has 1 atom stereocenters. The highest BCUT2D eigenvalue weighted by Gasteiger charge is 2.25. The van der Waals surface area contributed by atoms with E-state index in [1.165, 1.54) is 16.8 Å². The topological polar surface area (TPSA) is 44.8 Å². The Balaban J connectivity index is 1.48. The molecule has 144 valence electrons. The number of rotatable bonds is 6. The molecule has 0 unspecified atom stereocenters. The SMILES string of the molecule is CN1CCc2cc([C@@H](CNC(=O)Cc3cccs3)N3CCOCC3)ccc21. The van der Waals surface area contributed by atoms with Crippen LogP contribution in [0.15, 0.2) is 35.7 Å². The highest BCUT2D eigenvalue weighted by Crippen LogP contribution is 2.31. The summed E-state index contributed by atoms with van der Waals surface area (Å²) in [6.45, 7) is 5.04. The zero-order valence-electron chi connectivity index (χ0n) is 15.8. The number of fused-ring (bicyclic) bond motifs is 1. The number of hydrogen-bond acceptors (Lipinski definition) is 5. The Hall–Kier alpha value is -1.89. The van der Waals surface area contributed by atoms with Crippen molar-refractivity contribution in [2.75, 3.05) is 51.3 Å². The van der Waals surface area contributed by atoms with E-state index in [1.54, 1.807) is 11.3 Å². The molecule has 1 fully saturated rings. The van der Waals surface area contributed by atoms with E-state index in [2.05, 4.69) is 40.4 Å². The van der Waals surface area contributed by atoms with Gasteiger partial charge in [-0.05, 0) is 35.1 Å². The summed E-state index contributed by atoms with van der Waals surface area (Å²) < 4.78 is 5.54. The van der Waals surface area contributed by atoms with Crippen LogP contribution in [-0.2, 0) is 22.4 Å². The molecule has 2 aliphatic rings. The molecule has 1 aromatic heterocycles. The second-order valence-corrected chi connectivity index (χ2v) is 8.32. The van der Waals surface area contributed by atoms with Crippen molar-refractivity contribution in [3.05, 3.63) is 51.7 Å². The van der Waals surface area contributed by atoms with Crippen molar-refractivity contribution in [1.29, 1.82) is 0 Å². The van der Waals surface area contributed by atoms with E-state index in [0.29, 0.717) is 13.0 Å². The summed E-state index contributed by atoms with van der Waals surface area (Å²) in [7, 11) is 2.15. The Morgan fingerprint density at radius 1 is 1.26 bits per heavy atom. The van der Waals surface area contributed by atoms with Gasteiger partial charge in [0.1, 0.15) is 0 Å². The van der Waals surface area contributed by atoms with Crippen LogP contribution in [-0.4, -0.2) is 57.2 Å². The number of amides is 1. The Bertz CT molecular complexity index is 772. The zero-order chi connectivity index (χ0) is 18.6. The van der Waals surface area contributed by atoms with Gasteiger partial charge in [-0.15, -0.1) is 11.3 Å². The van der Waals surface area contributed by atoms with E-state index in [-0.39, 0.29) is 11.9 Å². The molecule has 5 nitrogen and oxygen atoms in total. The first-order chi connectivity index (χ1) is 13.2. The monoisotopic (exact) mass is 385 g/mol. The fourth-order valence-corrected chi connectivity index (χ4v) is 4.69. The number of likely N-dealkylation sites (N-methyl/N-ethyl adjacent to an activating group) is 1. The Kier molecular flexibility index (Phi) is 5.76. The summed E-state index contributed by atoms with van der Waals surface area (Å²) in [4.78, 5) is 18.3. The molecule has 27 heavy (non-hydrogen) atoms. The minimum atomic E-state index is 0.0941. The van der Waals surface area contributed by atoms with Crippen LogP contribution >= 0.6 is 11.3 Å². The van der Waals surface area contributed by atoms with Crippen LogP contribution < -0.4 is 10.2 Å². The van der Waals surface area contributed by atoms with Gasteiger partial charge in [0, 0.05) is 43.8 Å². The minimum absolute atomic E-state index is 0.0941. The molecular weight excluding hydrogens is 358 g/mol. The molecule has 1 amide bonds. The fourth-order valence-electron chi connectivity index (χ4n) is 3.99. The van der Waals surface area contributed by atoms with Gasteiger partial charge in [-0.1, -0.05) is 18.2 Å². The van der Waals surface area contributed by atoms with Gasteiger partial charge < -0.3 is 15.0 Å². The smallest absolute Gasteiger partial charge is 0.225 e. The van der Waals surface area contributed by atoms with E-state index >= 15 is 0 Å². The van der Waals surface area contributed by atoms with E-state index in [0.717, 1.165) is 44.1 Å². The maximum absolute atomic E-state index is 12.4. The second kappa shape index (κ2) is 8.42. The summed E-state index contributed by atoms with van der Waals surface area (Å²) in [6, 6.07) is 11.0. The number of nitrogens with zero attached hydrogens (tertiary/aromatic N) is 2. The van der Waals surface area contributed by atoms with Crippen LogP contribution in [0.25, 0.3) is 0 Å². The third kappa shape index (κ3) is 4.34. The van der Waals surface area contributed by atoms with Crippen molar-refractivity contribution in [3.63, 3.8) is 0 Å². The van der Waals surface area contributed by atoms with Crippen molar-refractivity contribution in [3.8, 4) is 0 Å². The van der Waals surface area contributed by atoms with Crippen LogP contribution in [0.5, 0.6) is 0 Å². The van der Waals surface area contributed by atoms with Crippen LogP contribution in [0.4, 0.5) is 5.69 Å². The predicted molar refractivity (Wildman–Crippen MR) is 110 cm³/mol. The van der Waals surface area contributed by atoms with Gasteiger partial charge in [-0.3, -0.25) is 9.69 Å². The van der Waals surface area contributed by atoms with E-state index in [9.17, 15) is 4.79 Å². The number of benzene rings is 1. The molecule has 0 saturated carbocycles. The molecule has 6 heteroatoms. The third-order valence-electron chi connectivity index (χ3n) is 5.51. The molecule has 1 aromatic carbocycles. The van der Waals surface area contributed by atoms with Crippen molar-refractivity contribution in [1.82, 2.24) is 10.2 Å². The largest absolute Gasteiger partial charge is 0.379 e. The number of nitrogens with one attached hydrogen (secondary N) is 1. The number of morpholine rings is 1. The second-order valence-electron chi connectivity index (χ2n) is 7.28. The normalized spacial score (nSPS) is 18.3.